The Morgan fingerprint density at radius 2 is 1.96 bits per heavy atom. The molecule has 2 N–H and O–H groups in total. The van der Waals surface area contributed by atoms with Crippen LogP contribution >= 0.6 is 12.2 Å². The summed E-state index contributed by atoms with van der Waals surface area (Å²) in [5.41, 5.74) is 3.62. The summed E-state index contributed by atoms with van der Waals surface area (Å²) in [5.74, 6) is 0.809. The highest BCUT2D eigenvalue weighted by Gasteiger charge is 2.11. The smallest absolute Gasteiger partial charge is 0.216 e. The number of hydrogen-bond acceptors (Lipinski definition) is 5. The van der Waals surface area contributed by atoms with Gasteiger partial charge in [0.1, 0.15) is 5.75 Å². The third kappa shape index (κ3) is 3.93. The second-order valence-electron chi connectivity index (χ2n) is 6.14. The summed E-state index contributed by atoms with van der Waals surface area (Å²) >= 11 is 5.31. The van der Waals surface area contributed by atoms with Crippen molar-refractivity contribution < 1.29 is 5.11 Å². The SMILES string of the molecule is CCN(CC)c1ccc(/C=N\n2c(-c3ccccc3C)n[nH]c2=S)c(O)c1. The van der Waals surface area contributed by atoms with Gasteiger partial charge in [0.05, 0.1) is 6.21 Å². The minimum absolute atomic E-state index is 0.176. The number of aromatic amines is 1. The van der Waals surface area contributed by atoms with E-state index in [1.165, 1.54) is 0 Å². The molecule has 0 aliphatic carbocycles. The third-order valence-electron chi connectivity index (χ3n) is 4.49. The summed E-state index contributed by atoms with van der Waals surface area (Å²) in [4.78, 5) is 2.17. The fourth-order valence-corrected chi connectivity index (χ4v) is 3.12. The molecule has 140 valence electrons. The molecule has 0 unspecified atom stereocenters. The zero-order valence-corrected chi connectivity index (χ0v) is 16.5. The molecule has 2 aromatic carbocycles. The first kappa shape index (κ1) is 18.8. The normalized spacial score (nSPS) is 11.2. The lowest BCUT2D eigenvalue weighted by molar-refractivity contribution is 0.474. The summed E-state index contributed by atoms with van der Waals surface area (Å²) < 4.78 is 1.96. The number of hydrogen-bond donors (Lipinski definition) is 2. The molecular formula is C20H23N5OS. The number of aromatic nitrogens is 3. The van der Waals surface area contributed by atoms with Crippen molar-refractivity contribution in [1.82, 2.24) is 14.9 Å². The fraction of sp³-hybridized carbons (Fsp3) is 0.250. The summed E-state index contributed by atoms with van der Waals surface area (Å²) in [7, 11) is 0. The summed E-state index contributed by atoms with van der Waals surface area (Å²) in [6.45, 7) is 7.95. The van der Waals surface area contributed by atoms with Gasteiger partial charge < -0.3 is 10.0 Å². The predicted octanol–water partition coefficient (Wildman–Crippen LogP) is 4.35. The van der Waals surface area contributed by atoms with Gasteiger partial charge in [0, 0.05) is 36.0 Å². The minimum Gasteiger partial charge on any atom is -0.507 e. The first-order valence-electron chi connectivity index (χ1n) is 8.90. The van der Waals surface area contributed by atoms with Crippen molar-refractivity contribution >= 4 is 24.1 Å². The maximum Gasteiger partial charge on any atom is 0.216 e. The van der Waals surface area contributed by atoms with Gasteiger partial charge >= 0.3 is 0 Å². The highest BCUT2D eigenvalue weighted by molar-refractivity contribution is 7.71. The van der Waals surface area contributed by atoms with E-state index in [2.05, 4.69) is 34.0 Å². The van der Waals surface area contributed by atoms with Crippen LogP contribution in [0.2, 0.25) is 0 Å². The number of phenolic OH excluding ortho intramolecular Hbond substituents is 1. The number of nitrogens with one attached hydrogen (secondary N) is 1. The topological polar surface area (TPSA) is 69.4 Å². The number of H-pyrrole nitrogens is 1. The molecule has 27 heavy (non-hydrogen) atoms. The average molecular weight is 382 g/mol. The molecule has 7 heteroatoms. The Hall–Kier alpha value is -2.93. The molecule has 0 spiro atoms. The first-order valence-corrected chi connectivity index (χ1v) is 9.31. The molecule has 6 nitrogen and oxygen atoms in total. The molecule has 3 rings (SSSR count). The summed E-state index contributed by atoms with van der Waals surface area (Å²) in [6, 6.07) is 13.5. The zero-order chi connectivity index (χ0) is 19.4. The van der Waals surface area contributed by atoms with Crippen LogP contribution in [-0.2, 0) is 0 Å². The Balaban J connectivity index is 1.95. The van der Waals surface area contributed by atoms with E-state index in [0.29, 0.717) is 16.2 Å². The van der Waals surface area contributed by atoms with Gasteiger partial charge in [-0.2, -0.15) is 14.9 Å². The molecule has 1 heterocycles. The molecule has 0 radical (unpaired) electrons. The van der Waals surface area contributed by atoms with E-state index in [9.17, 15) is 5.11 Å². The minimum atomic E-state index is 0.176. The van der Waals surface area contributed by atoms with E-state index in [-0.39, 0.29) is 5.75 Å². The number of phenols is 1. The number of nitrogens with zero attached hydrogens (tertiary/aromatic N) is 4. The van der Waals surface area contributed by atoms with Crippen molar-refractivity contribution in [3.05, 3.63) is 58.4 Å². The van der Waals surface area contributed by atoms with Gasteiger partial charge in [-0.15, -0.1) is 0 Å². The highest BCUT2D eigenvalue weighted by Crippen LogP contribution is 2.24. The molecule has 0 saturated heterocycles. The highest BCUT2D eigenvalue weighted by atomic mass is 32.1. The Labute approximate surface area is 163 Å². The van der Waals surface area contributed by atoms with E-state index in [4.69, 9.17) is 12.2 Å². The number of anilines is 1. The van der Waals surface area contributed by atoms with Crippen molar-refractivity contribution in [3.63, 3.8) is 0 Å². The lowest BCUT2D eigenvalue weighted by atomic mass is 10.1. The van der Waals surface area contributed by atoms with Crippen LogP contribution in [0.4, 0.5) is 5.69 Å². The van der Waals surface area contributed by atoms with Crippen LogP contribution in [0, 0.1) is 11.7 Å². The number of rotatable bonds is 6. The Morgan fingerprint density at radius 1 is 1.22 bits per heavy atom. The lowest BCUT2D eigenvalue weighted by Crippen LogP contribution is -2.21. The van der Waals surface area contributed by atoms with Gasteiger partial charge in [-0.25, -0.2) is 5.10 Å². The van der Waals surface area contributed by atoms with Gasteiger partial charge in [0.15, 0.2) is 5.82 Å². The van der Waals surface area contributed by atoms with E-state index in [1.54, 1.807) is 17.0 Å². The van der Waals surface area contributed by atoms with Crippen LogP contribution in [0.3, 0.4) is 0 Å². The largest absolute Gasteiger partial charge is 0.507 e. The number of aryl methyl sites for hydroxylation is 1. The number of aromatic hydroxyl groups is 1. The van der Waals surface area contributed by atoms with E-state index in [0.717, 1.165) is 29.9 Å². The molecule has 0 fully saturated rings. The van der Waals surface area contributed by atoms with Gasteiger partial charge in [-0.3, -0.25) is 0 Å². The Bertz CT molecular complexity index is 1020. The molecule has 0 amide bonds. The average Bonchev–Trinajstić information content (AvgIpc) is 3.03. The van der Waals surface area contributed by atoms with Gasteiger partial charge in [-0.05, 0) is 50.7 Å². The fourth-order valence-electron chi connectivity index (χ4n) is 2.94. The third-order valence-corrected chi connectivity index (χ3v) is 4.76. The Morgan fingerprint density at radius 3 is 2.63 bits per heavy atom. The van der Waals surface area contributed by atoms with Crippen molar-refractivity contribution in [2.75, 3.05) is 18.0 Å². The van der Waals surface area contributed by atoms with Crippen LogP contribution in [0.1, 0.15) is 25.0 Å². The second kappa shape index (κ2) is 8.18. The Kier molecular flexibility index (Phi) is 5.71. The maximum atomic E-state index is 10.4. The zero-order valence-electron chi connectivity index (χ0n) is 15.7. The summed E-state index contributed by atoms with van der Waals surface area (Å²) in [6.07, 6.45) is 1.59. The first-order chi connectivity index (χ1) is 13.0. The van der Waals surface area contributed by atoms with Crippen LogP contribution in [0.5, 0.6) is 5.75 Å². The molecule has 0 saturated carbocycles. The molecule has 0 aliphatic rings. The second-order valence-corrected chi connectivity index (χ2v) is 6.53. The van der Waals surface area contributed by atoms with E-state index < -0.39 is 0 Å². The number of benzene rings is 2. The van der Waals surface area contributed by atoms with Gasteiger partial charge in [0.25, 0.3) is 0 Å². The molecular weight excluding hydrogens is 358 g/mol. The van der Waals surface area contributed by atoms with Crippen molar-refractivity contribution in [1.29, 1.82) is 0 Å². The monoisotopic (exact) mass is 381 g/mol. The van der Waals surface area contributed by atoms with Crippen molar-refractivity contribution in [3.8, 4) is 17.1 Å². The molecule has 3 aromatic rings. The van der Waals surface area contributed by atoms with Crippen molar-refractivity contribution in [2.24, 2.45) is 5.10 Å². The van der Waals surface area contributed by atoms with Crippen LogP contribution in [0.25, 0.3) is 11.4 Å². The molecule has 0 bridgehead atoms. The van der Waals surface area contributed by atoms with Gasteiger partial charge in [-0.1, -0.05) is 24.3 Å². The van der Waals surface area contributed by atoms with Crippen molar-refractivity contribution in [2.45, 2.75) is 20.8 Å². The summed E-state index contributed by atoms with van der Waals surface area (Å²) in [5, 5.41) is 21.9. The molecule has 0 aliphatic heterocycles. The predicted molar refractivity (Wildman–Crippen MR) is 112 cm³/mol. The molecule has 1 aromatic heterocycles. The lowest BCUT2D eigenvalue weighted by Gasteiger charge is -2.21. The maximum absolute atomic E-state index is 10.4. The molecule has 0 atom stereocenters. The standard InChI is InChI=1S/C20H23N5OS/c1-4-24(5-2)16-11-10-15(18(26)12-16)13-21-25-19(22-23-20(25)27)17-9-7-6-8-14(17)3/h6-13,26H,4-5H2,1-3H3,(H,23,27)/b21-13-. The van der Waals surface area contributed by atoms with E-state index >= 15 is 0 Å². The van der Waals surface area contributed by atoms with Crippen LogP contribution < -0.4 is 4.90 Å². The van der Waals surface area contributed by atoms with E-state index in [1.807, 2.05) is 43.3 Å². The van der Waals surface area contributed by atoms with Crippen LogP contribution in [-0.4, -0.2) is 39.3 Å². The van der Waals surface area contributed by atoms with Crippen LogP contribution in [0.15, 0.2) is 47.6 Å². The van der Waals surface area contributed by atoms with Gasteiger partial charge in [0.2, 0.25) is 4.77 Å². The quantitative estimate of drug-likeness (QED) is 0.492.